The van der Waals surface area contributed by atoms with Crippen molar-refractivity contribution >= 4 is 44.9 Å². The molecule has 0 fully saturated rings. The number of halogens is 1. The molecule has 0 aliphatic heterocycles. The van der Waals surface area contributed by atoms with E-state index in [0.717, 1.165) is 6.07 Å². The number of methoxy groups -OCH3 is 1. The lowest BCUT2D eigenvalue weighted by molar-refractivity contribution is -0.114. The molecule has 8 nitrogen and oxygen atoms in total. The maximum Gasteiger partial charge on any atom is 0.335 e. The number of anilines is 2. The maximum absolute atomic E-state index is 12.7. The Morgan fingerprint density at radius 2 is 1.85 bits per heavy atom. The van der Waals surface area contributed by atoms with Gasteiger partial charge in [-0.05, 0) is 36.4 Å². The number of ether oxygens (including phenoxy) is 1. The van der Waals surface area contributed by atoms with Crippen LogP contribution in [0.5, 0.6) is 5.75 Å². The summed E-state index contributed by atoms with van der Waals surface area (Å²) in [4.78, 5) is 21.9. The molecule has 1 amide bonds. The van der Waals surface area contributed by atoms with Gasteiger partial charge in [-0.1, -0.05) is 11.6 Å². The van der Waals surface area contributed by atoms with Crippen molar-refractivity contribution in [1.82, 2.24) is 0 Å². The summed E-state index contributed by atoms with van der Waals surface area (Å²) in [5.41, 5.74) is 0.172. The summed E-state index contributed by atoms with van der Waals surface area (Å²) in [5.74, 6) is -1.42. The maximum atomic E-state index is 12.7. The predicted molar refractivity (Wildman–Crippen MR) is 96.5 cm³/mol. The quantitative estimate of drug-likeness (QED) is 0.687. The van der Waals surface area contributed by atoms with Crippen LogP contribution in [0, 0.1) is 0 Å². The SMILES string of the molecule is COc1ccc(NC(C)=O)cc1NS(=O)(=O)c1cc(C(=O)O)ccc1Cl. The van der Waals surface area contributed by atoms with Crippen LogP contribution in [-0.4, -0.2) is 32.5 Å². The van der Waals surface area contributed by atoms with E-state index in [1.165, 1.54) is 44.4 Å². The highest BCUT2D eigenvalue weighted by Crippen LogP contribution is 2.32. The van der Waals surface area contributed by atoms with E-state index in [9.17, 15) is 18.0 Å². The number of benzene rings is 2. The van der Waals surface area contributed by atoms with Crippen LogP contribution < -0.4 is 14.8 Å². The monoisotopic (exact) mass is 398 g/mol. The van der Waals surface area contributed by atoms with Crippen LogP contribution >= 0.6 is 11.6 Å². The second-order valence-electron chi connectivity index (χ2n) is 5.15. The molecular weight excluding hydrogens is 384 g/mol. The Hall–Kier alpha value is -2.78. The largest absolute Gasteiger partial charge is 0.495 e. The lowest BCUT2D eigenvalue weighted by atomic mass is 10.2. The van der Waals surface area contributed by atoms with Crippen LogP contribution in [0.2, 0.25) is 5.02 Å². The molecular formula is C16H15ClN2O6S. The van der Waals surface area contributed by atoms with Gasteiger partial charge < -0.3 is 15.2 Å². The molecule has 0 saturated heterocycles. The fraction of sp³-hybridized carbons (Fsp3) is 0.125. The molecule has 0 bridgehead atoms. The number of hydrogen-bond acceptors (Lipinski definition) is 5. The summed E-state index contributed by atoms with van der Waals surface area (Å²) in [5, 5.41) is 11.4. The molecule has 0 radical (unpaired) electrons. The number of sulfonamides is 1. The van der Waals surface area contributed by atoms with Crippen LogP contribution in [-0.2, 0) is 14.8 Å². The number of amides is 1. The minimum Gasteiger partial charge on any atom is -0.495 e. The zero-order chi connectivity index (χ0) is 19.5. The van der Waals surface area contributed by atoms with Crippen molar-refractivity contribution in [1.29, 1.82) is 0 Å². The van der Waals surface area contributed by atoms with E-state index in [-0.39, 0.29) is 27.9 Å². The van der Waals surface area contributed by atoms with E-state index in [2.05, 4.69) is 10.0 Å². The summed E-state index contributed by atoms with van der Waals surface area (Å²) in [7, 11) is -2.87. The van der Waals surface area contributed by atoms with Crippen molar-refractivity contribution in [3.05, 3.63) is 47.0 Å². The van der Waals surface area contributed by atoms with Gasteiger partial charge in [-0.3, -0.25) is 9.52 Å². The molecule has 0 heterocycles. The van der Waals surface area contributed by atoms with E-state index in [4.69, 9.17) is 21.4 Å². The topological polar surface area (TPSA) is 122 Å². The second kappa shape index (κ2) is 7.63. The first-order chi connectivity index (χ1) is 12.1. The van der Waals surface area contributed by atoms with Crippen LogP contribution in [0.3, 0.4) is 0 Å². The number of rotatable bonds is 6. The first-order valence-corrected chi connectivity index (χ1v) is 9.01. The van der Waals surface area contributed by atoms with Crippen molar-refractivity contribution < 1.29 is 27.9 Å². The van der Waals surface area contributed by atoms with E-state index >= 15 is 0 Å². The molecule has 0 aliphatic rings. The van der Waals surface area contributed by atoms with E-state index in [0.29, 0.717) is 5.69 Å². The highest BCUT2D eigenvalue weighted by Gasteiger charge is 2.22. The van der Waals surface area contributed by atoms with Crippen molar-refractivity contribution in [2.45, 2.75) is 11.8 Å². The Morgan fingerprint density at radius 1 is 1.15 bits per heavy atom. The van der Waals surface area contributed by atoms with Gasteiger partial charge in [0.05, 0.1) is 23.4 Å². The molecule has 26 heavy (non-hydrogen) atoms. The minimum atomic E-state index is -4.22. The first-order valence-electron chi connectivity index (χ1n) is 7.15. The molecule has 0 saturated carbocycles. The zero-order valence-corrected chi connectivity index (χ0v) is 15.3. The van der Waals surface area contributed by atoms with Gasteiger partial charge >= 0.3 is 5.97 Å². The Bertz CT molecular complexity index is 975. The van der Waals surface area contributed by atoms with E-state index in [1.54, 1.807) is 0 Å². The average molecular weight is 399 g/mol. The van der Waals surface area contributed by atoms with Crippen LogP contribution in [0.25, 0.3) is 0 Å². The Kier molecular flexibility index (Phi) is 5.73. The second-order valence-corrected chi connectivity index (χ2v) is 7.21. The summed E-state index contributed by atoms with van der Waals surface area (Å²) >= 11 is 5.93. The molecule has 0 unspecified atom stereocenters. The van der Waals surface area contributed by atoms with Gasteiger partial charge in [-0.15, -0.1) is 0 Å². The van der Waals surface area contributed by atoms with Crippen molar-refractivity contribution in [2.75, 3.05) is 17.1 Å². The summed E-state index contributed by atoms with van der Waals surface area (Å²) in [6.07, 6.45) is 0. The van der Waals surface area contributed by atoms with Crippen molar-refractivity contribution in [3.8, 4) is 5.75 Å². The molecule has 2 rings (SSSR count). The highest BCUT2D eigenvalue weighted by atomic mass is 35.5. The van der Waals surface area contributed by atoms with Crippen LogP contribution in [0.1, 0.15) is 17.3 Å². The molecule has 2 aromatic carbocycles. The predicted octanol–water partition coefficient (Wildman–Crippen LogP) is 2.81. The average Bonchev–Trinajstić information content (AvgIpc) is 2.54. The Labute approximate surface area is 154 Å². The minimum absolute atomic E-state index is 0.0514. The molecule has 2 aromatic rings. The summed E-state index contributed by atoms with van der Waals surface area (Å²) in [6.45, 7) is 1.31. The van der Waals surface area contributed by atoms with Crippen LogP contribution in [0.4, 0.5) is 11.4 Å². The molecule has 0 aliphatic carbocycles. The van der Waals surface area contributed by atoms with Gasteiger partial charge in [0.1, 0.15) is 10.6 Å². The van der Waals surface area contributed by atoms with Crippen molar-refractivity contribution in [3.63, 3.8) is 0 Å². The fourth-order valence-electron chi connectivity index (χ4n) is 2.11. The molecule has 3 N–H and O–H groups in total. The number of carboxylic acids is 1. The third kappa shape index (κ3) is 4.44. The number of aromatic carboxylic acids is 1. The normalized spacial score (nSPS) is 10.9. The standard InChI is InChI=1S/C16H15ClN2O6S/c1-9(20)18-11-4-6-14(25-2)13(8-11)19-26(23,24)15-7-10(16(21)22)3-5-12(15)17/h3-8,19H,1-2H3,(H,18,20)(H,21,22). The van der Waals surface area contributed by atoms with E-state index < -0.39 is 20.9 Å². The Balaban J connectivity index is 2.48. The van der Waals surface area contributed by atoms with Gasteiger partial charge in [-0.25, -0.2) is 13.2 Å². The summed E-state index contributed by atoms with van der Waals surface area (Å²) in [6, 6.07) is 7.71. The third-order valence-electron chi connectivity index (χ3n) is 3.23. The smallest absolute Gasteiger partial charge is 0.335 e. The van der Waals surface area contributed by atoms with Crippen molar-refractivity contribution in [2.24, 2.45) is 0 Å². The molecule has 0 atom stereocenters. The van der Waals surface area contributed by atoms with Crippen LogP contribution in [0.15, 0.2) is 41.3 Å². The summed E-state index contributed by atoms with van der Waals surface area (Å²) < 4.78 is 32.7. The Morgan fingerprint density at radius 3 is 2.42 bits per heavy atom. The van der Waals surface area contributed by atoms with E-state index in [1.807, 2.05) is 0 Å². The van der Waals surface area contributed by atoms with Gasteiger partial charge in [-0.2, -0.15) is 0 Å². The molecule has 0 spiro atoms. The van der Waals surface area contributed by atoms with Gasteiger partial charge in [0.2, 0.25) is 5.91 Å². The van der Waals surface area contributed by atoms with Gasteiger partial charge in [0, 0.05) is 12.6 Å². The highest BCUT2D eigenvalue weighted by molar-refractivity contribution is 7.92. The fourth-order valence-corrected chi connectivity index (χ4v) is 3.70. The molecule has 10 heteroatoms. The number of carboxylic acid groups (broad SMARTS) is 1. The van der Waals surface area contributed by atoms with Gasteiger partial charge in [0.15, 0.2) is 0 Å². The third-order valence-corrected chi connectivity index (χ3v) is 5.08. The first kappa shape index (κ1) is 19.5. The lowest BCUT2D eigenvalue weighted by Crippen LogP contribution is -2.15. The van der Waals surface area contributed by atoms with Gasteiger partial charge in [0.25, 0.3) is 10.0 Å². The number of carbonyl (C=O) groups is 2. The lowest BCUT2D eigenvalue weighted by Gasteiger charge is -2.14. The zero-order valence-electron chi connectivity index (χ0n) is 13.7. The molecule has 0 aromatic heterocycles. The molecule has 138 valence electrons. The number of hydrogen-bond donors (Lipinski definition) is 3. The number of nitrogens with one attached hydrogen (secondary N) is 2. The number of carbonyl (C=O) groups excluding carboxylic acids is 1.